The van der Waals surface area contributed by atoms with Gasteiger partial charge in [-0.25, -0.2) is 18.4 Å². The van der Waals surface area contributed by atoms with Gasteiger partial charge >= 0.3 is 0 Å². The van der Waals surface area contributed by atoms with E-state index in [4.69, 9.17) is 14.2 Å². The van der Waals surface area contributed by atoms with Crippen molar-refractivity contribution in [3.63, 3.8) is 0 Å². The lowest BCUT2D eigenvalue weighted by Crippen LogP contribution is -2.12. The zero-order valence-electron chi connectivity index (χ0n) is 20.9. The minimum Gasteiger partial charge on any atom is -0.493 e. The molecule has 0 saturated heterocycles. The molecule has 1 heterocycles. The van der Waals surface area contributed by atoms with Crippen molar-refractivity contribution in [2.45, 2.75) is 4.90 Å². The number of benzene rings is 3. The molecule has 0 bridgehead atoms. The van der Waals surface area contributed by atoms with E-state index in [2.05, 4.69) is 30.3 Å². The smallest absolute Gasteiger partial charge is 0.269 e. The number of nitrogens with zero attached hydrogens (tertiary/aromatic N) is 4. The number of anilines is 5. The van der Waals surface area contributed by atoms with Crippen molar-refractivity contribution in [2.24, 2.45) is 0 Å². The first-order valence-electron chi connectivity index (χ1n) is 11.1. The quantitative estimate of drug-likeness (QED) is 0.179. The molecule has 0 fully saturated rings. The first-order chi connectivity index (χ1) is 18.7. The highest BCUT2D eigenvalue weighted by Gasteiger charge is 2.17. The van der Waals surface area contributed by atoms with Crippen LogP contribution >= 0.6 is 0 Å². The van der Waals surface area contributed by atoms with Crippen LogP contribution in [0.1, 0.15) is 0 Å². The molecule has 1 aromatic heterocycles. The fraction of sp³-hybridized carbons (Fsp3) is 0.125. The molecule has 4 aromatic rings. The highest BCUT2D eigenvalue weighted by molar-refractivity contribution is 7.92. The van der Waals surface area contributed by atoms with Gasteiger partial charge in [-0.1, -0.05) is 0 Å². The van der Waals surface area contributed by atoms with Crippen LogP contribution in [-0.2, 0) is 10.0 Å². The van der Waals surface area contributed by atoms with Crippen LogP contribution in [0.15, 0.2) is 71.9 Å². The van der Waals surface area contributed by atoms with E-state index >= 15 is 0 Å². The summed E-state index contributed by atoms with van der Waals surface area (Å²) >= 11 is 0. The zero-order valence-corrected chi connectivity index (χ0v) is 21.7. The number of hydrogen-bond donors (Lipinski definition) is 3. The van der Waals surface area contributed by atoms with Crippen LogP contribution in [0.4, 0.5) is 34.6 Å². The Morgan fingerprint density at radius 1 is 0.769 bits per heavy atom. The third kappa shape index (κ3) is 6.40. The summed E-state index contributed by atoms with van der Waals surface area (Å²) < 4.78 is 43.7. The Morgan fingerprint density at radius 3 is 1.82 bits per heavy atom. The fourth-order valence-corrected chi connectivity index (χ4v) is 4.47. The second-order valence-corrected chi connectivity index (χ2v) is 9.41. The number of rotatable bonds is 11. The van der Waals surface area contributed by atoms with Gasteiger partial charge in [-0.2, -0.15) is 4.98 Å². The number of nitro benzene ring substituents is 1. The minimum atomic E-state index is -3.94. The van der Waals surface area contributed by atoms with Crippen LogP contribution in [-0.4, -0.2) is 49.6 Å². The van der Waals surface area contributed by atoms with E-state index in [0.717, 1.165) is 12.1 Å². The number of sulfonamides is 1. The normalized spacial score (nSPS) is 10.8. The molecule has 0 spiro atoms. The summed E-state index contributed by atoms with van der Waals surface area (Å²) in [5.41, 5.74) is 1.26. The Balaban J connectivity index is 1.44. The molecule has 0 unspecified atom stereocenters. The molecule has 0 aliphatic rings. The number of aromatic nitrogens is 3. The maximum Gasteiger partial charge on any atom is 0.269 e. The van der Waals surface area contributed by atoms with Crippen molar-refractivity contribution < 1.29 is 27.6 Å². The van der Waals surface area contributed by atoms with Crippen LogP contribution < -0.4 is 29.6 Å². The van der Waals surface area contributed by atoms with E-state index in [1.807, 2.05) is 0 Å². The molecule has 0 atom stereocenters. The summed E-state index contributed by atoms with van der Waals surface area (Å²) in [5, 5.41) is 16.9. The van der Waals surface area contributed by atoms with Gasteiger partial charge in [0.15, 0.2) is 11.5 Å². The number of nitrogens with one attached hydrogen (secondary N) is 3. The lowest BCUT2D eigenvalue weighted by molar-refractivity contribution is -0.384. The Morgan fingerprint density at radius 2 is 1.31 bits per heavy atom. The van der Waals surface area contributed by atoms with Gasteiger partial charge < -0.3 is 24.8 Å². The standard InChI is InChI=1S/C24H23N7O7S/c1-36-20-12-17(13-21(37-2)22(20)38-3)28-24-26-14-25-23(29-24)27-15-4-6-16(7-5-15)30-39(34,35)19-10-8-18(9-11-19)31(32)33/h4-14,30H,1-3H3,(H2,25,26,27,28,29). The van der Waals surface area contributed by atoms with E-state index in [-0.39, 0.29) is 22.5 Å². The van der Waals surface area contributed by atoms with Crippen molar-refractivity contribution >= 4 is 44.7 Å². The Hall–Kier alpha value is -5.18. The summed E-state index contributed by atoms with van der Waals surface area (Å²) in [5.74, 6) is 1.84. The molecule has 3 N–H and O–H groups in total. The monoisotopic (exact) mass is 553 g/mol. The van der Waals surface area contributed by atoms with Gasteiger partial charge in [0.25, 0.3) is 15.7 Å². The molecular weight excluding hydrogens is 530 g/mol. The van der Waals surface area contributed by atoms with E-state index in [0.29, 0.717) is 34.3 Å². The number of methoxy groups -OCH3 is 3. The molecule has 3 aromatic carbocycles. The third-order valence-electron chi connectivity index (χ3n) is 5.24. The van der Waals surface area contributed by atoms with E-state index in [9.17, 15) is 18.5 Å². The SMILES string of the molecule is COc1cc(Nc2ncnc(Nc3ccc(NS(=O)(=O)c4ccc([N+](=O)[O-])cc4)cc3)n2)cc(OC)c1OC. The summed E-state index contributed by atoms with van der Waals surface area (Å²) in [6, 6.07) is 14.3. The van der Waals surface area contributed by atoms with Crippen molar-refractivity contribution in [3.05, 3.63) is 77.1 Å². The first-order valence-corrected chi connectivity index (χ1v) is 12.6. The van der Waals surface area contributed by atoms with Gasteiger partial charge in [-0.3, -0.25) is 14.8 Å². The predicted molar refractivity (Wildman–Crippen MR) is 143 cm³/mol. The van der Waals surface area contributed by atoms with Crippen LogP contribution in [0.5, 0.6) is 17.2 Å². The summed E-state index contributed by atoms with van der Waals surface area (Å²) in [4.78, 5) is 22.7. The molecule has 15 heteroatoms. The number of nitro groups is 1. The number of non-ortho nitro benzene ring substituents is 1. The topological polar surface area (TPSA) is 180 Å². The molecule has 0 radical (unpaired) electrons. The molecular formula is C24H23N7O7S. The summed E-state index contributed by atoms with van der Waals surface area (Å²) in [7, 11) is 0.598. The molecule has 4 rings (SSSR count). The molecule has 0 aliphatic carbocycles. The average molecular weight is 554 g/mol. The van der Waals surface area contributed by atoms with Crippen LogP contribution in [0.2, 0.25) is 0 Å². The minimum absolute atomic E-state index is 0.104. The fourth-order valence-electron chi connectivity index (χ4n) is 3.41. The van der Waals surface area contributed by atoms with Crippen LogP contribution in [0, 0.1) is 10.1 Å². The third-order valence-corrected chi connectivity index (χ3v) is 6.64. The first kappa shape index (κ1) is 26.9. The highest BCUT2D eigenvalue weighted by Crippen LogP contribution is 2.40. The van der Waals surface area contributed by atoms with Gasteiger partial charge in [0, 0.05) is 41.3 Å². The lowest BCUT2D eigenvalue weighted by Gasteiger charge is -2.14. The van der Waals surface area contributed by atoms with Gasteiger partial charge in [0.2, 0.25) is 17.6 Å². The molecule has 0 aliphatic heterocycles. The van der Waals surface area contributed by atoms with Gasteiger partial charge in [0.05, 0.1) is 31.1 Å². The molecule has 202 valence electrons. The molecule has 39 heavy (non-hydrogen) atoms. The summed E-state index contributed by atoms with van der Waals surface area (Å²) in [6.45, 7) is 0. The van der Waals surface area contributed by atoms with Crippen LogP contribution in [0.25, 0.3) is 0 Å². The Labute approximate surface area is 223 Å². The highest BCUT2D eigenvalue weighted by atomic mass is 32.2. The van der Waals surface area contributed by atoms with Crippen molar-refractivity contribution in [1.29, 1.82) is 0 Å². The van der Waals surface area contributed by atoms with Gasteiger partial charge in [-0.15, -0.1) is 0 Å². The Kier molecular flexibility index (Phi) is 7.90. The summed E-state index contributed by atoms with van der Waals surface area (Å²) in [6.07, 6.45) is 1.32. The second-order valence-electron chi connectivity index (χ2n) is 7.73. The van der Waals surface area contributed by atoms with Crippen molar-refractivity contribution in [3.8, 4) is 17.2 Å². The largest absolute Gasteiger partial charge is 0.493 e. The van der Waals surface area contributed by atoms with Gasteiger partial charge in [0.1, 0.15) is 6.33 Å². The van der Waals surface area contributed by atoms with E-state index in [1.54, 1.807) is 36.4 Å². The predicted octanol–water partition coefficient (Wildman–Crippen LogP) is 4.09. The maximum atomic E-state index is 12.6. The van der Waals surface area contributed by atoms with Crippen molar-refractivity contribution in [1.82, 2.24) is 15.0 Å². The zero-order chi connectivity index (χ0) is 28.0. The molecule has 0 saturated carbocycles. The van der Waals surface area contributed by atoms with Crippen molar-refractivity contribution in [2.75, 3.05) is 36.7 Å². The lowest BCUT2D eigenvalue weighted by atomic mass is 10.2. The van der Waals surface area contributed by atoms with Gasteiger partial charge in [-0.05, 0) is 36.4 Å². The number of ether oxygens (including phenoxy) is 3. The average Bonchev–Trinajstić information content (AvgIpc) is 2.93. The molecule has 0 amide bonds. The van der Waals surface area contributed by atoms with Crippen LogP contribution in [0.3, 0.4) is 0 Å². The molecule has 14 nitrogen and oxygen atoms in total. The van der Waals surface area contributed by atoms with E-state index < -0.39 is 14.9 Å². The number of hydrogen-bond acceptors (Lipinski definition) is 12. The second kappa shape index (κ2) is 11.5. The maximum absolute atomic E-state index is 12.6. The van der Waals surface area contributed by atoms with E-state index in [1.165, 1.54) is 39.8 Å². The Bertz CT molecular complexity index is 1560.